The molecule has 0 radical (unpaired) electrons. The molecule has 4 nitrogen and oxygen atoms in total. The molecule has 1 aromatic carbocycles. The lowest BCUT2D eigenvalue weighted by molar-refractivity contribution is -0.130. The highest BCUT2D eigenvalue weighted by Gasteiger charge is 2.45. The van der Waals surface area contributed by atoms with Crippen LogP contribution in [0.4, 0.5) is 4.39 Å². The van der Waals surface area contributed by atoms with E-state index in [1.54, 1.807) is 18.4 Å². The van der Waals surface area contributed by atoms with Crippen LogP contribution in [0.1, 0.15) is 37.0 Å². The van der Waals surface area contributed by atoms with Crippen LogP contribution in [0.2, 0.25) is 0 Å². The standard InChI is InChI=1S/C19H22FNO3/c20-16-7-5-15(6-8-16)19(9-2-10-19)18(22)21-11-3-12-23-14-17-4-1-13-24-17/h1,4-8,13H,2-3,9-12,14H2,(H,21,22). The van der Waals surface area contributed by atoms with Crippen LogP contribution >= 0.6 is 0 Å². The Bertz CT molecular complexity index is 648. The average molecular weight is 331 g/mol. The molecular weight excluding hydrogens is 309 g/mol. The highest BCUT2D eigenvalue weighted by Crippen LogP contribution is 2.43. The minimum Gasteiger partial charge on any atom is -0.467 e. The van der Waals surface area contributed by atoms with E-state index in [2.05, 4.69) is 5.32 Å². The van der Waals surface area contributed by atoms with Gasteiger partial charge < -0.3 is 14.5 Å². The molecule has 1 fully saturated rings. The summed E-state index contributed by atoms with van der Waals surface area (Å²) in [5, 5.41) is 3.00. The van der Waals surface area contributed by atoms with E-state index in [0.29, 0.717) is 19.8 Å². The number of hydrogen-bond donors (Lipinski definition) is 1. The van der Waals surface area contributed by atoms with Gasteiger partial charge in [0.15, 0.2) is 0 Å². The predicted octanol–water partition coefficient (Wildman–Crippen LogP) is 3.56. The van der Waals surface area contributed by atoms with Crippen molar-refractivity contribution in [1.82, 2.24) is 5.32 Å². The Balaban J connectivity index is 1.43. The first-order valence-electron chi connectivity index (χ1n) is 8.35. The summed E-state index contributed by atoms with van der Waals surface area (Å²) in [7, 11) is 0. The van der Waals surface area contributed by atoms with Crippen LogP contribution in [0, 0.1) is 5.82 Å². The van der Waals surface area contributed by atoms with Gasteiger partial charge in [-0.2, -0.15) is 0 Å². The van der Waals surface area contributed by atoms with Crippen molar-refractivity contribution in [2.75, 3.05) is 13.2 Å². The molecular formula is C19H22FNO3. The quantitative estimate of drug-likeness (QED) is 0.753. The maximum atomic E-state index is 13.1. The molecule has 0 atom stereocenters. The maximum Gasteiger partial charge on any atom is 0.230 e. The van der Waals surface area contributed by atoms with Gasteiger partial charge in [-0.3, -0.25) is 4.79 Å². The molecule has 2 aromatic rings. The second kappa shape index (κ2) is 7.62. The molecule has 0 aliphatic heterocycles. The molecule has 1 heterocycles. The monoisotopic (exact) mass is 331 g/mol. The molecule has 0 bridgehead atoms. The minimum absolute atomic E-state index is 0.0337. The van der Waals surface area contributed by atoms with E-state index in [9.17, 15) is 9.18 Å². The van der Waals surface area contributed by atoms with E-state index in [4.69, 9.17) is 9.15 Å². The second-order valence-electron chi connectivity index (χ2n) is 6.18. The van der Waals surface area contributed by atoms with E-state index in [0.717, 1.165) is 37.0 Å². The van der Waals surface area contributed by atoms with Gasteiger partial charge in [-0.1, -0.05) is 18.6 Å². The van der Waals surface area contributed by atoms with Crippen molar-refractivity contribution >= 4 is 5.91 Å². The molecule has 0 saturated heterocycles. The molecule has 3 rings (SSSR count). The number of nitrogens with one attached hydrogen (secondary N) is 1. The highest BCUT2D eigenvalue weighted by atomic mass is 19.1. The molecule has 24 heavy (non-hydrogen) atoms. The lowest BCUT2D eigenvalue weighted by atomic mass is 9.64. The molecule has 0 spiro atoms. The Kier molecular flexibility index (Phi) is 5.30. The molecule has 1 aliphatic carbocycles. The summed E-state index contributed by atoms with van der Waals surface area (Å²) in [6.07, 6.45) is 5.02. The van der Waals surface area contributed by atoms with Gasteiger partial charge in [0.05, 0.1) is 11.7 Å². The molecule has 1 saturated carbocycles. The zero-order chi connectivity index (χ0) is 16.8. The van der Waals surface area contributed by atoms with Crippen molar-refractivity contribution in [2.24, 2.45) is 0 Å². The third-order valence-corrected chi connectivity index (χ3v) is 4.61. The van der Waals surface area contributed by atoms with Gasteiger partial charge in [0.2, 0.25) is 5.91 Å². The fraction of sp³-hybridized carbons (Fsp3) is 0.421. The van der Waals surface area contributed by atoms with E-state index >= 15 is 0 Å². The van der Waals surface area contributed by atoms with Crippen LogP contribution in [0.15, 0.2) is 47.1 Å². The summed E-state index contributed by atoms with van der Waals surface area (Å²) in [6.45, 7) is 1.57. The molecule has 1 aliphatic rings. The van der Waals surface area contributed by atoms with Gasteiger partial charge in [-0.25, -0.2) is 4.39 Å². The fourth-order valence-corrected chi connectivity index (χ4v) is 3.06. The third-order valence-electron chi connectivity index (χ3n) is 4.61. The van der Waals surface area contributed by atoms with Crippen molar-refractivity contribution in [1.29, 1.82) is 0 Å². The van der Waals surface area contributed by atoms with Crippen LogP contribution in [0.3, 0.4) is 0 Å². The number of amides is 1. The summed E-state index contributed by atoms with van der Waals surface area (Å²) in [4.78, 5) is 12.6. The Hall–Kier alpha value is -2.14. The van der Waals surface area contributed by atoms with Crippen LogP contribution in [-0.4, -0.2) is 19.1 Å². The first-order valence-corrected chi connectivity index (χ1v) is 8.35. The molecule has 1 N–H and O–H groups in total. The van der Waals surface area contributed by atoms with Crippen LogP contribution < -0.4 is 5.32 Å². The summed E-state index contributed by atoms with van der Waals surface area (Å²) in [5.41, 5.74) is 0.421. The molecule has 5 heteroatoms. The van der Waals surface area contributed by atoms with Gasteiger partial charge in [0.25, 0.3) is 0 Å². The first kappa shape index (κ1) is 16.7. The van der Waals surface area contributed by atoms with Crippen molar-refractivity contribution in [3.8, 4) is 0 Å². The number of carbonyl (C=O) groups is 1. The summed E-state index contributed by atoms with van der Waals surface area (Å²) < 4.78 is 23.8. The van der Waals surface area contributed by atoms with Gasteiger partial charge in [-0.15, -0.1) is 0 Å². The fourth-order valence-electron chi connectivity index (χ4n) is 3.06. The summed E-state index contributed by atoms with van der Waals surface area (Å²) in [6, 6.07) is 9.98. The number of hydrogen-bond acceptors (Lipinski definition) is 3. The number of rotatable bonds is 8. The molecule has 128 valence electrons. The Morgan fingerprint density at radius 1 is 1.25 bits per heavy atom. The smallest absolute Gasteiger partial charge is 0.230 e. The van der Waals surface area contributed by atoms with E-state index in [1.165, 1.54) is 12.1 Å². The summed E-state index contributed by atoms with van der Waals surface area (Å²) >= 11 is 0. The zero-order valence-electron chi connectivity index (χ0n) is 13.6. The van der Waals surface area contributed by atoms with Gasteiger partial charge >= 0.3 is 0 Å². The number of carbonyl (C=O) groups excluding carboxylic acids is 1. The molecule has 0 unspecified atom stereocenters. The van der Waals surface area contributed by atoms with Gasteiger partial charge in [0, 0.05) is 13.2 Å². The number of halogens is 1. The van der Waals surface area contributed by atoms with Crippen LogP contribution in [0.25, 0.3) is 0 Å². The lowest BCUT2D eigenvalue weighted by Gasteiger charge is -2.40. The van der Waals surface area contributed by atoms with E-state index in [-0.39, 0.29) is 11.7 Å². The SMILES string of the molecule is O=C(NCCCOCc1ccco1)C1(c2ccc(F)cc2)CCC1. The lowest BCUT2D eigenvalue weighted by Crippen LogP contribution is -2.49. The Labute approximate surface area is 141 Å². The zero-order valence-corrected chi connectivity index (χ0v) is 13.6. The van der Waals surface area contributed by atoms with Crippen LogP contribution in [0.5, 0.6) is 0 Å². The minimum atomic E-state index is -0.483. The Morgan fingerprint density at radius 2 is 2.04 bits per heavy atom. The van der Waals surface area contributed by atoms with Crippen molar-refractivity contribution in [2.45, 2.75) is 37.7 Å². The first-order chi connectivity index (χ1) is 11.7. The van der Waals surface area contributed by atoms with E-state index in [1.807, 2.05) is 12.1 Å². The number of benzene rings is 1. The van der Waals surface area contributed by atoms with Gasteiger partial charge in [0.1, 0.15) is 18.2 Å². The second-order valence-corrected chi connectivity index (χ2v) is 6.18. The third kappa shape index (κ3) is 3.67. The Morgan fingerprint density at radius 3 is 2.67 bits per heavy atom. The van der Waals surface area contributed by atoms with E-state index < -0.39 is 5.41 Å². The average Bonchev–Trinajstić information content (AvgIpc) is 3.05. The predicted molar refractivity (Wildman–Crippen MR) is 87.9 cm³/mol. The van der Waals surface area contributed by atoms with Crippen molar-refractivity contribution in [3.05, 3.63) is 59.8 Å². The van der Waals surface area contributed by atoms with Crippen molar-refractivity contribution < 1.29 is 18.3 Å². The largest absolute Gasteiger partial charge is 0.467 e. The highest BCUT2D eigenvalue weighted by molar-refractivity contribution is 5.89. The van der Waals surface area contributed by atoms with Gasteiger partial charge in [-0.05, 0) is 49.1 Å². The number of furan rings is 1. The summed E-state index contributed by atoms with van der Waals surface area (Å²) in [5.74, 6) is 0.553. The topological polar surface area (TPSA) is 51.5 Å². The maximum absolute atomic E-state index is 13.1. The molecule has 1 amide bonds. The molecule has 1 aromatic heterocycles. The number of ether oxygens (including phenoxy) is 1. The van der Waals surface area contributed by atoms with Crippen molar-refractivity contribution in [3.63, 3.8) is 0 Å². The normalized spacial score (nSPS) is 15.7. The van der Waals surface area contributed by atoms with Crippen LogP contribution in [-0.2, 0) is 21.6 Å².